The van der Waals surface area contributed by atoms with E-state index < -0.39 is 6.10 Å². The van der Waals surface area contributed by atoms with Crippen molar-refractivity contribution in [3.05, 3.63) is 29.8 Å². The van der Waals surface area contributed by atoms with Gasteiger partial charge in [-0.1, -0.05) is 17.7 Å². The maximum absolute atomic E-state index is 12.1. The van der Waals surface area contributed by atoms with Crippen LogP contribution in [-0.2, 0) is 4.79 Å². The Hall–Kier alpha value is -1.26. The van der Waals surface area contributed by atoms with Gasteiger partial charge in [0.05, 0.1) is 0 Å². The number of nitrogens with two attached hydrogens (primary N) is 1. The van der Waals surface area contributed by atoms with Gasteiger partial charge < -0.3 is 15.4 Å². The highest BCUT2D eigenvalue weighted by Crippen LogP contribution is 2.14. The lowest BCUT2D eigenvalue weighted by atomic mass is 10.2. The topological polar surface area (TPSA) is 55.6 Å². The van der Waals surface area contributed by atoms with Gasteiger partial charge in [-0.25, -0.2) is 0 Å². The van der Waals surface area contributed by atoms with Crippen molar-refractivity contribution in [1.82, 2.24) is 4.90 Å². The first-order valence-electron chi connectivity index (χ1n) is 6.15. The Labute approximate surface area is 121 Å². The van der Waals surface area contributed by atoms with Crippen molar-refractivity contribution in [2.75, 3.05) is 13.6 Å². The van der Waals surface area contributed by atoms with Crippen molar-refractivity contribution in [1.29, 1.82) is 0 Å². The van der Waals surface area contributed by atoms with E-state index in [1.165, 1.54) is 0 Å². The number of hydrogen-bond donors (Lipinski definition) is 1. The van der Waals surface area contributed by atoms with Crippen LogP contribution in [0.15, 0.2) is 24.3 Å². The second-order valence-corrected chi connectivity index (χ2v) is 4.61. The molecule has 0 aliphatic heterocycles. The van der Waals surface area contributed by atoms with E-state index in [0.29, 0.717) is 12.3 Å². The van der Waals surface area contributed by atoms with E-state index in [4.69, 9.17) is 10.5 Å². The van der Waals surface area contributed by atoms with E-state index >= 15 is 0 Å². The number of carbonyl (C=O) groups is 1. The molecule has 0 radical (unpaired) electrons. The molecular formula is C14H23ClN2O2. The molecule has 2 N–H and O–H groups in total. The molecule has 108 valence electrons. The van der Waals surface area contributed by atoms with Gasteiger partial charge in [0, 0.05) is 19.6 Å². The molecule has 4 nitrogen and oxygen atoms in total. The van der Waals surface area contributed by atoms with Gasteiger partial charge in [-0.2, -0.15) is 0 Å². The Bertz CT molecular complexity index is 395. The molecule has 1 rings (SSSR count). The van der Waals surface area contributed by atoms with Gasteiger partial charge in [-0.15, -0.1) is 12.4 Å². The third-order valence-corrected chi connectivity index (χ3v) is 3.03. The monoisotopic (exact) mass is 286 g/mol. The van der Waals surface area contributed by atoms with Crippen molar-refractivity contribution >= 4 is 18.3 Å². The van der Waals surface area contributed by atoms with E-state index in [0.717, 1.165) is 5.56 Å². The van der Waals surface area contributed by atoms with Gasteiger partial charge in [-0.3, -0.25) is 4.79 Å². The zero-order chi connectivity index (χ0) is 13.7. The lowest BCUT2D eigenvalue weighted by Crippen LogP contribution is -2.45. The summed E-state index contributed by atoms with van der Waals surface area (Å²) in [5, 5.41) is 0. The van der Waals surface area contributed by atoms with Gasteiger partial charge in [0.15, 0.2) is 6.10 Å². The van der Waals surface area contributed by atoms with Crippen molar-refractivity contribution < 1.29 is 9.53 Å². The second-order valence-electron chi connectivity index (χ2n) is 4.61. The van der Waals surface area contributed by atoms with Gasteiger partial charge in [0.2, 0.25) is 0 Å². The third kappa shape index (κ3) is 5.09. The normalized spacial score (nSPS) is 13.1. The lowest BCUT2D eigenvalue weighted by molar-refractivity contribution is -0.138. The molecule has 0 bridgehead atoms. The van der Waals surface area contributed by atoms with Gasteiger partial charge in [0.1, 0.15) is 5.75 Å². The lowest BCUT2D eigenvalue weighted by Gasteiger charge is -2.26. The minimum Gasteiger partial charge on any atom is -0.481 e. The molecule has 1 aromatic rings. The zero-order valence-corrected chi connectivity index (χ0v) is 12.7. The summed E-state index contributed by atoms with van der Waals surface area (Å²) in [7, 11) is 1.74. The first-order chi connectivity index (χ1) is 8.45. The van der Waals surface area contributed by atoms with E-state index in [1.807, 2.05) is 38.1 Å². The highest BCUT2D eigenvalue weighted by molar-refractivity contribution is 5.85. The minimum atomic E-state index is -0.508. The Balaban J connectivity index is 0.00000324. The fourth-order valence-electron chi connectivity index (χ4n) is 1.53. The summed E-state index contributed by atoms with van der Waals surface area (Å²) in [5.41, 5.74) is 6.71. The van der Waals surface area contributed by atoms with Crippen LogP contribution in [0.3, 0.4) is 0 Å². The molecule has 0 saturated carbocycles. The quantitative estimate of drug-likeness (QED) is 0.901. The van der Waals surface area contributed by atoms with E-state index in [-0.39, 0.29) is 24.4 Å². The highest BCUT2D eigenvalue weighted by Gasteiger charge is 2.22. The molecule has 0 spiro atoms. The molecule has 0 saturated heterocycles. The molecule has 0 aliphatic carbocycles. The number of benzene rings is 1. The predicted octanol–water partition coefficient (Wildman–Crippen LogP) is 1.99. The van der Waals surface area contributed by atoms with E-state index in [9.17, 15) is 4.79 Å². The number of carbonyl (C=O) groups excluding carboxylic acids is 1. The Morgan fingerprint density at radius 1 is 1.32 bits per heavy atom. The first kappa shape index (κ1) is 17.7. The summed E-state index contributed by atoms with van der Waals surface area (Å²) in [5.74, 6) is 0.642. The summed E-state index contributed by atoms with van der Waals surface area (Å²) in [6.07, 6.45) is -0.508. The number of nitrogens with zero attached hydrogens (tertiary/aromatic N) is 1. The van der Waals surface area contributed by atoms with Crippen LogP contribution in [0.4, 0.5) is 0 Å². The molecule has 1 aromatic carbocycles. The molecule has 0 aromatic heterocycles. The van der Waals surface area contributed by atoms with Crippen LogP contribution in [0.2, 0.25) is 0 Å². The molecule has 0 fully saturated rings. The summed E-state index contributed by atoms with van der Waals surface area (Å²) < 4.78 is 5.61. The first-order valence-corrected chi connectivity index (χ1v) is 6.15. The summed E-state index contributed by atoms with van der Waals surface area (Å²) in [6.45, 7) is 6.12. The molecule has 1 amide bonds. The SMILES string of the molecule is Cc1ccc(OC(C)C(=O)N(C)C(C)CN)cc1.Cl. The van der Waals surface area contributed by atoms with Crippen LogP contribution in [-0.4, -0.2) is 36.5 Å². The smallest absolute Gasteiger partial charge is 0.263 e. The summed E-state index contributed by atoms with van der Waals surface area (Å²) in [4.78, 5) is 13.7. The van der Waals surface area contributed by atoms with Crippen LogP contribution in [0.1, 0.15) is 19.4 Å². The zero-order valence-electron chi connectivity index (χ0n) is 11.9. The Morgan fingerprint density at radius 2 is 1.84 bits per heavy atom. The van der Waals surface area contributed by atoms with Crippen LogP contribution in [0, 0.1) is 6.92 Å². The van der Waals surface area contributed by atoms with Crippen molar-refractivity contribution in [3.8, 4) is 5.75 Å². The average molecular weight is 287 g/mol. The number of rotatable bonds is 5. The largest absolute Gasteiger partial charge is 0.481 e. The average Bonchev–Trinajstić information content (AvgIpc) is 2.38. The van der Waals surface area contributed by atoms with Crippen molar-refractivity contribution in [2.24, 2.45) is 5.73 Å². The van der Waals surface area contributed by atoms with Crippen molar-refractivity contribution in [2.45, 2.75) is 32.9 Å². The van der Waals surface area contributed by atoms with Crippen molar-refractivity contribution in [3.63, 3.8) is 0 Å². The number of halogens is 1. The van der Waals surface area contributed by atoms with Gasteiger partial charge in [0.25, 0.3) is 5.91 Å². The van der Waals surface area contributed by atoms with Gasteiger partial charge >= 0.3 is 0 Å². The predicted molar refractivity (Wildman–Crippen MR) is 79.8 cm³/mol. The van der Waals surface area contributed by atoms with Crippen LogP contribution in [0.5, 0.6) is 5.75 Å². The van der Waals surface area contributed by atoms with Gasteiger partial charge in [-0.05, 0) is 32.9 Å². The molecule has 5 heteroatoms. The van der Waals surface area contributed by atoms with E-state index in [2.05, 4.69) is 0 Å². The summed E-state index contributed by atoms with van der Waals surface area (Å²) in [6, 6.07) is 7.66. The Kier molecular flexibility index (Phi) is 7.49. The molecule has 2 atom stereocenters. The van der Waals surface area contributed by atoms with Crippen LogP contribution >= 0.6 is 12.4 Å². The molecule has 2 unspecified atom stereocenters. The van der Waals surface area contributed by atoms with E-state index in [1.54, 1.807) is 18.9 Å². The Morgan fingerprint density at radius 3 is 2.32 bits per heavy atom. The number of likely N-dealkylation sites (N-methyl/N-ethyl adjacent to an activating group) is 1. The minimum absolute atomic E-state index is 0. The third-order valence-electron chi connectivity index (χ3n) is 3.03. The fourth-order valence-corrected chi connectivity index (χ4v) is 1.53. The maximum Gasteiger partial charge on any atom is 0.263 e. The molecule has 0 heterocycles. The maximum atomic E-state index is 12.1. The molecular weight excluding hydrogens is 264 g/mol. The van der Waals surface area contributed by atoms with Crippen LogP contribution in [0.25, 0.3) is 0 Å². The number of hydrogen-bond acceptors (Lipinski definition) is 3. The number of aryl methyl sites for hydroxylation is 1. The standard InChI is InChI=1S/C14H22N2O2.ClH/c1-10-5-7-13(8-6-10)18-12(3)14(17)16(4)11(2)9-15;/h5-8,11-12H,9,15H2,1-4H3;1H. The molecule has 19 heavy (non-hydrogen) atoms. The second kappa shape index (κ2) is 8.02. The van der Waals surface area contributed by atoms with Crippen LogP contribution < -0.4 is 10.5 Å². The molecule has 0 aliphatic rings. The fraction of sp³-hybridized carbons (Fsp3) is 0.500. The number of amides is 1. The number of ether oxygens (including phenoxy) is 1. The highest BCUT2D eigenvalue weighted by atomic mass is 35.5. The summed E-state index contributed by atoms with van der Waals surface area (Å²) >= 11 is 0.